The zero-order valence-corrected chi connectivity index (χ0v) is 9.93. The Kier molecular flexibility index (Phi) is 3.65. The highest BCUT2D eigenvalue weighted by Gasteiger charge is 2.10. The third kappa shape index (κ3) is 2.78. The van der Waals surface area contributed by atoms with Gasteiger partial charge in [-0.2, -0.15) is 5.10 Å². The Labute approximate surface area is 101 Å². The molecule has 4 heteroatoms. The first-order chi connectivity index (χ1) is 8.31. The molecular formula is C13H16N4. The van der Waals surface area contributed by atoms with Crippen LogP contribution in [0, 0.1) is 5.92 Å². The predicted octanol–water partition coefficient (Wildman–Crippen LogP) is 1.86. The van der Waals surface area contributed by atoms with Gasteiger partial charge >= 0.3 is 0 Å². The zero-order valence-electron chi connectivity index (χ0n) is 9.93. The molecule has 0 bridgehead atoms. The van der Waals surface area contributed by atoms with E-state index in [1.54, 1.807) is 0 Å². The van der Waals surface area contributed by atoms with Crippen LogP contribution in [0.3, 0.4) is 0 Å². The molecule has 2 rings (SSSR count). The average molecular weight is 228 g/mol. The van der Waals surface area contributed by atoms with Crippen LogP contribution in [0.2, 0.25) is 0 Å². The normalized spacial score (nSPS) is 19.1. The van der Waals surface area contributed by atoms with Crippen molar-refractivity contribution < 1.29 is 0 Å². The van der Waals surface area contributed by atoms with E-state index in [4.69, 9.17) is 0 Å². The second kappa shape index (κ2) is 5.39. The molecular weight excluding hydrogens is 212 g/mol. The summed E-state index contributed by atoms with van der Waals surface area (Å²) in [6.07, 6.45) is 1.88. The Balaban J connectivity index is 2.33. The molecule has 1 aliphatic rings. The molecule has 0 radical (unpaired) electrons. The molecule has 17 heavy (non-hydrogen) atoms. The number of nitrogens with zero attached hydrogens (tertiary/aromatic N) is 3. The molecule has 1 aromatic rings. The molecule has 1 unspecified atom stereocenters. The summed E-state index contributed by atoms with van der Waals surface area (Å²) in [6, 6.07) is 8.04. The van der Waals surface area contributed by atoms with Gasteiger partial charge in [0, 0.05) is 24.2 Å². The van der Waals surface area contributed by atoms with Gasteiger partial charge in [-0.05, 0) is 12.3 Å². The van der Waals surface area contributed by atoms with E-state index in [9.17, 15) is 0 Å². The van der Waals surface area contributed by atoms with Crippen molar-refractivity contribution in [2.45, 2.75) is 13.5 Å². The minimum atomic E-state index is 0.365. The van der Waals surface area contributed by atoms with Crippen LogP contribution < -0.4 is 5.43 Å². The molecule has 0 saturated heterocycles. The van der Waals surface area contributed by atoms with Crippen LogP contribution in [0.15, 0.2) is 39.4 Å². The van der Waals surface area contributed by atoms with E-state index in [0.29, 0.717) is 12.5 Å². The van der Waals surface area contributed by atoms with Gasteiger partial charge in [0.05, 0.1) is 6.54 Å². The lowest BCUT2D eigenvalue weighted by atomic mass is 10.1. The fourth-order valence-corrected chi connectivity index (χ4v) is 1.70. The third-order valence-electron chi connectivity index (χ3n) is 2.59. The largest absolute Gasteiger partial charge is 0.296 e. The smallest absolute Gasteiger partial charge is 0.149 e. The van der Waals surface area contributed by atoms with Crippen molar-refractivity contribution in [3.05, 3.63) is 35.4 Å². The van der Waals surface area contributed by atoms with Gasteiger partial charge in [-0.25, -0.2) is 0 Å². The number of hydrogen-bond acceptors (Lipinski definition) is 4. The van der Waals surface area contributed by atoms with E-state index in [2.05, 4.69) is 34.2 Å². The molecule has 0 saturated carbocycles. The summed E-state index contributed by atoms with van der Waals surface area (Å²) in [4.78, 5) is 8.46. The molecule has 1 atom stereocenters. The first-order valence-electron chi connectivity index (χ1n) is 5.65. The maximum Gasteiger partial charge on any atom is 0.149 e. The van der Waals surface area contributed by atoms with Crippen molar-refractivity contribution in [1.82, 2.24) is 5.43 Å². The van der Waals surface area contributed by atoms with Crippen molar-refractivity contribution in [1.29, 1.82) is 0 Å². The topological polar surface area (TPSA) is 49.1 Å². The van der Waals surface area contributed by atoms with Gasteiger partial charge in [0.1, 0.15) is 5.84 Å². The maximum atomic E-state index is 4.54. The Bertz CT molecular complexity index is 462. The standard InChI is InChI=1S/C13H16N4/c1-10-7-15-13(17-16-8-10)12-6-4-3-5-11(12)9-14-2/h3-6,8,10H,2,7,9H2,1H3,(H,15,17). The third-order valence-corrected chi connectivity index (χ3v) is 2.59. The summed E-state index contributed by atoms with van der Waals surface area (Å²) in [5.41, 5.74) is 5.14. The van der Waals surface area contributed by atoms with E-state index in [1.165, 1.54) is 0 Å². The Morgan fingerprint density at radius 1 is 1.47 bits per heavy atom. The van der Waals surface area contributed by atoms with Gasteiger partial charge in [-0.15, -0.1) is 0 Å². The van der Waals surface area contributed by atoms with Gasteiger partial charge < -0.3 is 0 Å². The molecule has 88 valence electrons. The maximum absolute atomic E-state index is 4.54. The van der Waals surface area contributed by atoms with E-state index in [1.807, 2.05) is 30.5 Å². The van der Waals surface area contributed by atoms with Crippen LogP contribution in [0.4, 0.5) is 0 Å². The van der Waals surface area contributed by atoms with Crippen LogP contribution in [0.5, 0.6) is 0 Å². The average Bonchev–Trinajstić information content (AvgIpc) is 2.55. The molecule has 1 N–H and O–H groups in total. The molecule has 0 fully saturated rings. The van der Waals surface area contributed by atoms with Crippen molar-refractivity contribution in [2.75, 3.05) is 6.54 Å². The number of benzene rings is 1. The lowest BCUT2D eigenvalue weighted by Gasteiger charge is -2.09. The van der Waals surface area contributed by atoms with Crippen LogP contribution in [0.1, 0.15) is 18.1 Å². The molecule has 1 aromatic carbocycles. The Hall–Kier alpha value is -1.97. The van der Waals surface area contributed by atoms with Crippen molar-refractivity contribution in [2.24, 2.45) is 21.0 Å². The number of hydrogen-bond donors (Lipinski definition) is 1. The summed E-state index contributed by atoms with van der Waals surface area (Å²) < 4.78 is 0. The second-order valence-corrected chi connectivity index (χ2v) is 4.10. The molecule has 1 aliphatic heterocycles. The fraction of sp³-hybridized carbons (Fsp3) is 0.308. The van der Waals surface area contributed by atoms with Gasteiger partial charge in [0.15, 0.2) is 0 Å². The second-order valence-electron chi connectivity index (χ2n) is 4.10. The number of amidine groups is 1. The molecule has 0 aliphatic carbocycles. The Morgan fingerprint density at radius 3 is 3.12 bits per heavy atom. The molecule has 0 spiro atoms. The minimum Gasteiger partial charge on any atom is -0.296 e. The van der Waals surface area contributed by atoms with Crippen molar-refractivity contribution in [3.8, 4) is 0 Å². The molecule has 0 aromatic heterocycles. The predicted molar refractivity (Wildman–Crippen MR) is 71.9 cm³/mol. The number of rotatable bonds is 3. The molecule has 1 heterocycles. The SMILES string of the molecule is C=NCc1ccccc1C1=NCC(C)C=NN1. The zero-order chi connectivity index (χ0) is 12.1. The van der Waals surface area contributed by atoms with E-state index < -0.39 is 0 Å². The van der Waals surface area contributed by atoms with E-state index >= 15 is 0 Å². The van der Waals surface area contributed by atoms with Crippen molar-refractivity contribution in [3.63, 3.8) is 0 Å². The number of aliphatic imine (C=N–C) groups is 2. The Morgan fingerprint density at radius 2 is 2.29 bits per heavy atom. The first kappa shape index (κ1) is 11.5. The molecule has 0 amide bonds. The van der Waals surface area contributed by atoms with Crippen LogP contribution in [-0.2, 0) is 6.54 Å². The molecule has 4 nitrogen and oxygen atoms in total. The number of hydrazone groups is 1. The lowest BCUT2D eigenvalue weighted by molar-refractivity contribution is 0.805. The highest BCUT2D eigenvalue weighted by atomic mass is 15.3. The van der Waals surface area contributed by atoms with E-state index in [-0.39, 0.29) is 0 Å². The fourth-order valence-electron chi connectivity index (χ4n) is 1.70. The van der Waals surface area contributed by atoms with E-state index in [0.717, 1.165) is 23.5 Å². The van der Waals surface area contributed by atoms with Gasteiger partial charge in [-0.1, -0.05) is 31.2 Å². The number of nitrogens with one attached hydrogen (secondary N) is 1. The quantitative estimate of drug-likeness (QED) is 0.789. The van der Waals surface area contributed by atoms with Crippen LogP contribution >= 0.6 is 0 Å². The minimum absolute atomic E-state index is 0.365. The summed E-state index contributed by atoms with van der Waals surface area (Å²) in [5, 5.41) is 4.16. The van der Waals surface area contributed by atoms with Crippen LogP contribution in [-0.4, -0.2) is 25.3 Å². The van der Waals surface area contributed by atoms with Crippen LogP contribution in [0.25, 0.3) is 0 Å². The summed E-state index contributed by atoms with van der Waals surface area (Å²) in [7, 11) is 0. The summed E-state index contributed by atoms with van der Waals surface area (Å²) in [6.45, 7) is 6.97. The highest BCUT2D eigenvalue weighted by Crippen LogP contribution is 2.12. The monoisotopic (exact) mass is 228 g/mol. The summed E-state index contributed by atoms with van der Waals surface area (Å²) >= 11 is 0. The van der Waals surface area contributed by atoms with Gasteiger partial charge in [0.2, 0.25) is 0 Å². The van der Waals surface area contributed by atoms with Gasteiger partial charge in [0.25, 0.3) is 0 Å². The van der Waals surface area contributed by atoms with Gasteiger partial charge in [-0.3, -0.25) is 15.4 Å². The summed E-state index contributed by atoms with van der Waals surface area (Å²) in [5.74, 6) is 1.18. The van der Waals surface area contributed by atoms with Crippen molar-refractivity contribution >= 4 is 18.8 Å². The first-order valence-corrected chi connectivity index (χ1v) is 5.65. The lowest BCUT2D eigenvalue weighted by Crippen LogP contribution is -2.19. The highest BCUT2D eigenvalue weighted by molar-refractivity contribution is 6.00.